The second kappa shape index (κ2) is 11.6. The van der Waals surface area contributed by atoms with Crippen molar-refractivity contribution < 1.29 is 32.2 Å². The van der Waals surface area contributed by atoms with Crippen LogP contribution >= 0.6 is 22.9 Å². The van der Waals surface area contributed by atoms with E-state index in [4.69, 9.17) is 26.4 Å². The lowest BCUT2D eigenvalue weighted by Crippen LogP contribution is -2.50. The summed E-state index contributed by atoms with van der Waals surface area (Å²) < 4.78 is 47.6. The number of carbonyl (C=O) groups excluding carboxylic acids is 1. The zero-order chi connectivity index (χ0) is 28.6. The monoisotopic (exact) mass is 610 g/mol. The summed E-state index contributed by atoms with van der Waals surface area (Å²) in [5, 5.41) is 13.9. The normalized spacial score (nSPS) is 24.2. The van der Waals surface area contributed by atoms with Gasteiger partial charge in [0.2, 0.25) is 10.0 Å². The van der Waals surface area contributed by atoms with Gasteiger partial charge in [-0.05, 0) is 38.7 Å². The number of aliphatic carboxylic acids is 1. The topological polar surface area (TPSA) is 138 Å². The number of carboxylic acids is 1. The summed E-state index contributed by atoms with van der Waals surface area (Å²) in [5.41, 5.74) is 1.02. The number of nitrogens with zero attached hydrogens (tertiary/aromatic N) is 3. The van der Waals surface area contributed by atoms with Gasteiger partial charge in [-0.3, -0.25) is 9.79 Å². The number of carboxylic acid groups (broad SMARTS) is 1. The predicted octanol–water partition coefficient (Wildman–Crippen LogP) is 3.75. The first-order chi connectivity index (χ1) is 19.1. The van der Waals surface area contributed by atoms with Crippen molar-refractivity contribution in [2.24, 2.45) is 16.8 Å². The van der Waals surface area contributed by atoms with Crippen LogP contribution < -0.4 is 5.32 Å². The van der Waals surface area contributed by atoms with Crippen molar-refractivity contribution in [3.63, 3.8) is 0 Å². The molecule has 2 aromatic rings. The molecule has 5 rings (SSSR count). The molecular weight excluding hydrogens is 583 g/mol. The van der Waals surface area contributed by atoms with Gasteiger partial charge in [0.25, 0.3) is 0 Å². The molecule has 1 atom stereocenters. The Balaban J connectivity index is 1.48. The minimum absolute atomic E-state index is 0.109. The van der Waals surface area contributed by atoms with Crippen LogP contribution in [-0.2, 0) is 24.3 Å². The third-order valence-corrected chi connectivity index (χ3v) is 11.1. The molecule has 1 aromatic carbocycles. The Hall–Kier alpha value is -2.87. The molecule has 1 saturated heterocycles. The maximum absolute atomic E-state index is 14.5. The zero-order valence-corrected chi connectivity index (χ0v) is 23.9. The van der Waals surface area contributed by atoms with Crippen LogP contribution in [0.4, 0.5) is 4.39 Å². The number of hydrogen-bond acceptors (Lipinski definition) is 9. The van der Waals surface area contributed by atoms with Gasteiger partial charge in [0.05, 0.1) is 28.4 Å². The number of aliphatic imine (C=N–C) groups is 1. The van der Waals surface area contributed by atoms with Gasteiger partial charge in [0.15, 0.2) is 10.8 Å². The SMILES string of the molecule is CCOC(=O)C1=C(C2CCN(S(=O)(=O)[C@H]3C[C@H](C(=O)O)C3)CC2)NC(c2nccs2)=NC1c1cccc(F)c1Cl. The number of halogens is 2. The van der Waals surface area contributed by atoms with E-state index in [0.717, 1.165) is 0 Å². The summed E-state index contributed by atoms with van der Waals surface area (Å²) in [4.78, 5) is 33.6. The van der Waals surface area contributed by atoms with E-state index < -0.39 is 45.0 Å². The molecule has 0 radical (unpaired) electrons. The number of rotatable bonds is 8. The van der Waals surface area contributed by atoms with Crippen molar-refractivity contribution in [2.75, 3.05) is 19.7 Å². The van der Waals surface area contributed by atoms with Gasteiger partial charge >= 0.3 is 11.9 Å². The summed E-state index contributed by atoms with van der Waals surface area (Å²) >= 11 is 7.71. The Morgan fingerprint density at radius 1 is 1.27 bits per heavy atom. The molecule has 2 N–H and O–H groups in total. The highest BCUT2D eigenvalue weighted by molar-refractivity contribution is 7.89. The van der Waals surface area contributed by atoms with Crippen LogP contribution in [0.15, 0.2) is 46.0 Å². The van der Waals surface area contributed by atoms with Crippen molar-refractivity contribution in [3.05, 3.63) is 62.5 Å². The number of sulfonamides is 1. The number of hydrogen-bond donors (Lipinski definition) is 2. The second-order valence-electron chi connectivity index (χ2n) is 9.88. The molecule has 14 heteroatoms. The van der Waals surface area contributed by atoms with Crippen molar-refractivity contribution in [3.8, 4) is 0 Å². The van der Waals surface area contributed by atoms with Crippen LogP contribution in [0.1, 0.15) is 49.2 Å². The molecule has 1 aromatic heterocycles. The van der Waals surface area contributed by atoms with E-state index in [0.29, 0.717) is 34.9 Å². The number of amidine groups is 1. The third-order valence-electron chi connectivity index (χ3n) is 7.57. The number of allylic oxidation sites excluding steroid dienone is 1. The molecule has 214 valence electrons. The molecule has 3 heterocycles. The van der Waals surface area contributed by atoms with Gasteiger partial charge in [-0.1, -0.05) is 23.7 Å². The number of thiazole rings is 1. The lowest BCUT2D eigenvalue weighted by molar-refractivity contribution is -0.144. The number of piperidine rings is 1. The summed E-state index contributed by atoms with van der Waals surface area (Å²) in [6.07, 6.45) is 2.64. The summed E-state index contributed by atoms with van der Waals surface area (Å²) in [6, 6.07) is 3.36. The molecule has 2 aliphatic heterocycles. The number of esters is 1. The minimum Gasteiger partial charge on any atom is -0.481 e. The largest absolute Gasteiger partial charge is 0.481 e. The Morgan fingerprint density at radius 2 is 2.00 bits per heavy atom. The van der Waals surface area contributed by atoms with E-state index in [1.807, 2.05) is 0 Å². The third kappa shape index (κ3) is 5.39. The molecule has 3 aliphatic rings. The number of ether oxygens (including phenoxy) is 1. The summed E-state index contributed by atoms with van der Waals surface area (Å²) in [7, 11) is -3.64. The zero-order valence-electron chi connectivity index (χ0n) is 21.5. The Bertz CT molecular complexity index is 1470. The van der Waals surface area contributed by atoms with Crippen LogP contribution in [-0.4, -0.2) is 65.5 Å². The van der Waals surface area contributed by atoms with Gasteiger partial charge in [-0.2, -0.15) is 0 Å². The van der Waals surface area contributed by atoms with Crippen molar-refractivity contribution in [2.45, 2.75) is 43.9 Å². The molecule has 1 saturated carbocycles. The van der Waals surface area contributed by atoms with Crippen molar-refractivity contribution in [1.29, 1.82) is 0 Å². The average molecular weight is 611 g/mol. The number of aromatic nitrogens is 1. The first-order valence-corrected chi connectivity index (χ1v) is 15.7. The lowest BCUT2D eigenvalue weighted by atomic mass is 9.85. The van der Waals surface area contributed by atoms with E-state index in [1.165, 1.54) is 27.8 Å². The molecule has 1 aliphatic carbocycles. The minimum atomic E-state index is -3.64. The first kappa shape index (κ1) is 28.7. The Morgan fingerprint density at radius 3 is 2.62 bits per heavy atom. The lowest BCUT2D eigenvalue weighted by Gasteiger charge is -2.40. The molecule has 0 spiro atoms. The molecule has 0 bridgehead atoms. The number of carbonyl (C=O) groups is 2. The molecule has 0 amide bonds. The first-order valence-electron chi connectivity index (χ1n) is 12.9. The van der Waals surface area contributed by atoms with Crippen LogP contribution in [0.3, 0.4) is 0 Å². The molecular formula is C26H28ClFN4O6S2. The fourth-order valence-corrected chi connectivity index (χ4v) is 8.26. The van der Waals surface area contributed by atoms with Gasteiger partial charge in [-0.25, -0.2) is 26.9 Å². The maximum Gasteiger partial charge on any atom is 0.338 e. The van der Waals surface area contributed by atoms with Crippen LogP contribution in [0.2, 0.25) is 5.02 Å². The van der Waals surface area contributed by atoms with Gasteiger partial charge in [0, 0.05) is 41.8 Å². The standard InChI is InChI=1S/C26H28ClFN4O6S2/c1-2-38-26(35)19-21(14-6-9-32(10-7-14)40(36,37)16-12-15(13-16)25(33)34)30-23(24-29-8-11-39-24)31-22(19)17-4-3-5-18(28)20(17)27/h3-5,8,11,14-16,22H,2,6-7,9-10,12-13H2,1H3,(H,30,31)(H,33,34)/t15-,16-,22?. The smallest absolute Gasteiger partial charge is 0.338 e. The average Bonchev–Trinajstić information content (AvgIpc) is 3.44. The van der Waals surface area contributed by atoms with E-state index >= 15 is 0 Å². The highest BCUT2D eigenvalue weighted by Gasteiger charge is 2.46. The Labute approximate surface area is 240 Å². The van der Waals surface area contributed by atoms with E-state index in [9.17, 15) is 22.4 Å². The quantitative estimate of drug-likeness (QED) is 0.431. The van der Waals surface area contributed by atoms with Crippen molar-refractivity contribution >= 4 is 50.7 Å². The van der Waals surface area contributed by atoms with Gasteiger partial charge in [0.1, 0.15) is 11.9 Å². The predicted molar refractivity (Wildman–Crippen MR) is 147 cm³/mol. The van der Waals surface area contributed by atoms with Gasteiger partial charge in [-0.15, -0.1) is 11.3 Å². The fraction of sp³-hybridized carbons (Fsp3) is 0.462. The van der Waals surface area contributed by atoms with E-state index in [1.54, 1.807) is 24.6 Å². The van der Waals surface area contributed by atoms with Crippen LogP contribution in [0.25, 0.3) is 0 Å². The summed E-state index contributed by atoms with van der Waals surface area (Å²) in [5.74, 6) is -2.74. The Kier molecular flexibility index (Phi) is 8.27. The van der Waals surface area contributed by atoms with Crippen molar-refractivity contribution in [1.82, 2.24) is 14.6 Å². The molecule has 40 heavy (non-hydrogen) atoms. The number of benzene rings is 1. The van der Waals surface area contributed by atoms with Crippen LogP contribution in [0, 0.1) is 17.7 Å². The molecule has 2 fully saturated rings. The summed E-state index contributed by atoms with van der Waals surface area (Å²) in [6.45, 7) is 2.20. The highest BCUT2D eigenvalue weighted by atomic mass is 35.5. The van der Waals surface area contributed by atoms with Crippen LogP contribution in [0.5, 0.6) is 0 Å². The van der Waals surface area contributed by atoms with E-state index in [-0.39, 0.29) is 49.1 Å². The second-order valence-corrected chi connectivity index (χ2v) is 13.4. The fourth-order valence-electron chi connectivity index (χ4n) is 5.35. The highest BCUT2D eigenvalue weighted by Crippen LogP contribution is 2.41. The van der Waals surface area contributed by atoms with Gasteiger partial charge < -0.3 is 15.2 Å². The molecule has 1 unspecified atom stereocenters. The maximum atomic E-state index is 14.5. The number of nitrogens with one attached hydrogen (secondary N) is 1. The molecule has 10 nitrogen and oxygen atoms in total. The van der Waals surface area contributed by atoms with E-state index in [2.05, 4.69) is 10.3 Å².